The zero-order chi connectivity index (χ0) is 32.7. The Kier molecular flexibility index (Phi) is 8.69. The van der Waals surface area contributed by atoms with Gasteiger partial charge in [0, 0.05) is 36.8 Å². The number of hydrogen-bond acceptors (Lipinski definition) is 5. The summed E-state index contributed by atoms with van der Waals surface area (Å²) < 4.78 is 7.41. The highest BCUT2D eigenvalue weighted by Gasteiger charge is 2.44. The maximum absolute atomic E-state index is 13.6. The number of ether oxygens (including phenoxy) is 1. The van der Waals surface area contributed by atoms with Crippen LogP contribution in [0.3, 0.4) is 0 Å². The van der Waals surface area contributed by atoms with E-state index in [0.717, 1.165) is 37.1 Å². The third kappa shape index (κ3) is 5.99. The molecule has 4 aromatic rings. The fraction of sp³-hybridized carbons (Fsp3) is 0.475. The van der Waals surface area contributed by atoms with Crippen molar-refractivity contribution in [2.75, 3.05) is 26.7 Å². The number of imidazole rings is 1. The average molecular weight is 633 g/mol. The van der Waals surface area contributed by atoms with Gasteiger partial charge in [0.05, 0.1) is 23.7 Å². The van der Waals surface area contributed by atoms with Gasteiger partial charge in [0.25, 0.3) is 5.91 Å². The quantitative estimate of drug-likeness (QED) is 0.186. The minimum absolute atomic E-state index is 0.0114. The molecule has 0 spiro atoms. The smallest absolute Gasteiger partial charge is 0.337 e. The van der Waals surface area contributed by atoms with Crippen LogP contribution in [0, 0.1) is 6.92 Å². The molecule has 7 heteroatoms. The number of methoxy groups -OCH3 is 1. The Balaban J connectivity index is 1.09. The van der Waals surface area contributed by atoms with E-state index in [1.807, 2.05) is 4.90 Å². The number of para-hydroxylation sites is 2. The highest BCUT2D eigenvalue weighted by atomic mass is 16.5. The molecular formula is C40H48N4O3. The summed E-state index contributed by atoms with van der Waals surface area (Å²) in [5.41, 5.74) is 6.14. The van der Waals surface area contributed by atoms with Crippen molar-refractivity contribution in [2.24, 2.45) is 0 Å². The standard InChI is InChI=1S/C40H48N4O3/c1-27(2)29-9-8-12-32(24-29)40(17-20-42(21-18-40)38(45)30-10-7-11-31(23-30)39(46)47-4)19-22-43-33-15-16-34(43)26-35(25-33)44-28(3)41-36-13-5-6-14-37(36)44/h5-14,23-24,27,33-35H,15-22,25-26H2,1-4H3/t33-,34+,35+. The number of rotatable bonds is 8. The van der Waals surface area contributed by atoms with Crippen LogP contribution >= 0.6 is 0 Å². The van der Waals surface area contributed by atoms with Crippen LogP contribution in [-0.4, -0.2) is 70.1 Å². The maximum atomic E-state index is 13.6. The lowest BCUT2D eigenvalue weighted by molar-refractivity contribution is 0.0600. The Bertz CT molecular complexity index is 1750. The topological polar surface area (TPSA) is 67.7 Å². The molecule has 0 radical (unpaired) electrons. The van der Waals surface area contributed by atoms with Gasteiger partial charge in [0.2, 0.25) is 0 Å². The molecule has 3 aliphatic heterocycles. The first-order valence-electron chi connectivity index (χ1n) is 17.5. The van der Waals surface area contributed by atoms with Crippen molar-refractivity contribution in [2.45, 2.75) is 95.2 Å². The van der Waals surface area contributed by atoms with E-state index >= 15 is 0 Å². The zero-order valence-electron chi connectivity index (χ0n) is 28.3. The van der Waals surface area contributed by atoms with E-state index in [-0.39, 0.29) is 11.3 Å². The Hall–Kier alpha value is -3.97. The summed E-state index contributed by atoms with van der Waals surface area (Å²) in [5, 5.41) is 0. The summed E-state index contributed by atoms with van der Waals surface area (Å²) in [4.78, 5) is 35.5. The molecule has 0 N–H and O–H groups in total. The monoisotopic (exact) mass is 632 g/mol. The Morgan fingerprint density at radius 3 is 2.32 bits per heavy atom. The van der Waals surface area contributed by atoms with E-state index in [2.05, 4.69) is 78.8 Å². The number of aromatic nitrogens is 2. The van der Waals surface area contributed by atoms with Crippen LogP contribution in [0.2, 0.25) is 0 Å². The number of piperidine rings is 2. The normalized spacial score (nSPS) is 22.6. The highest BCUT2D eigenvalue weighted by Crippen LogP contribution is 2.45. The van der Waals surface area contributed by atoms with E-state index < -0.39 is 5.97 Å². The Morgan fingerprint density at radius 2 is 1.60 bits per heavy atom. The minimum Gasteiger partial charge on any atom is -0.465 e. The predicted octanol–water partition coefficient (Wildman–Crippen LogP) is 7.69. The van der Waals surface area contributed by atoms with Crippen LogP contribution in [0.25, 0.3) is 11.0 Å². The molecule has 0 unspecified atom stereocenters. The second-order valence-electron chi connectivity index (χ2n) is 14.4. The second kappa shape index (κ2) is 12.9. The number of esters is 1. The van der Waals surface area contributed by atoms with Crippen LogP contribution in [0.15, 0.2) is 72.8 Å². The number of nitrogens with zero attached hydrogens (tertiary/aromatic N) is 4. The fourth-order valence-corrected chi connectivity index (χ4v) is 8.92. The lowest BCUT2D eigenvalue weighted by Crippen LogP contribution is -2.49. The molecule has 3 aliphatic rings. The van der Waals surface area contributed by atoms with Gasteiger partial charge in [-0.25, -0.2) is 9.78 Å². The predicted molar refractivity (Wildman–Crippen MR) is 186 cm³/mol. The molecule has 0 saturated carbocycles. The van der Waals surface area contributed by atoms with E-state index in [9.17, 15) is 9.59 Å². The summed E-state index contributed by atoms with van der Waals surface area (Å²) in [6.45, 7) is 9.19. The summed E-state index contributed by atoms with van der Waals surface area (Å²) in [6.07, 6.45) is 7.87. The van der Waals surface area contributed by atoms with E-state index in [1.54, 1.807) is 24.3 Å². The fourth-order valence-electron chi connectivity index (χ4n) is 8.92. The molecule has 7 rings (SSSR count). The van der Waals surface area contributed by atoms with Crippen molar-refractivity contribution in [3.8, 4) is 0 Å². The first kappa shape index (κ1) is 31.6. The van der Waals surface area contributed by atoms with Gasteiger partial charge < -0.3 is 14.2 Å². The SMILES string of the molecule is COC(=O)c1cccc(C(=O)N2CCC(CCN3[C@@H]4CC[C@H]3C[C@@H](n3c(C)nc5ccccc53)C4)(c3cccc(C(C)C)c3)CC2)c1. The number of likely N-dealkylation sites (tertiary alicyclic amines) is 1. The van der Waals surface area contributed by atoms with Gasteiger partial charge in [-0.15, -0.1) is 0 Å². The molecule has 246 valence electrons. The second-order valence-corrected chi connectivity index (χ2v) is 14.4. The van der Waals surface area contributed by atoms with Crippen LogP contribution < -0.4 is 0 Å². The summed E-state index contributed by atoms with van der Waals surface area (Å²) in [7, 11) is 1.37. The number of fused-ring (bicyclic) bond motifs is 3. The van der Waals surface area contributed by atoms with Gasteiger partial charge >= 0.3 is 5.97 Å². The van der Waals surface area contributed by atoms with Crippen molar-refractivity contribution < 1.29 is 14.3 Å². The van der Waals surface area contributed by atoms with E-state index in [1.165, 1.54) is 49.4 Å². The molecular weight excluding hydrogens is 584 g/mol. The summed E-state index contributed by atoms with van der Waals surface area (Å²) >= 11 is 0. The number of amides is 1. The van der Waals surface area contributed by atoms with Crippen LogP contribution in [0.1, 0.15) is 108 Å². The van der Waals surface area contributed by atoms with Gasteiger partial charge in [-0.1, -0.05) is 56.3 Å². The third-order valence-electron chi connectivity index (χ3n) is 11.5. The molecule has 3 aromatic carbocycles. The maximum Gasteiger partial charge on any atom is 0.337 e. The lowest BCUT2D eigenvalue weighted by Gasteiger charge is -2.46. The molecule has 47 heavy (non-hydrogen) atoms. The Labute approximate surface area is 278 Å². The highest BCUT2D eigenvalue weighted by molar-refractivity contribution is 5.98. The van der Waals surface area contributed by atoms with Gasteiger partial charge in [-0.05, 0) is 111 Å². The largest absolute Gasteiger partial charge is 0.465 e. The van der Waals surface area contributed by atoms with Crippen molar-refractivity contribution in [1.82, 2.24) is 19.4 Å². The summed E-state index contributed by atoms with van der Waals surface area (Å²) in [6, 6.07) is 26.5. The molecule has 7 nitrogen and oxygen atoms in total. The molecule has 1 aromatic heterocycles. The first-order valence-corrected chi connectivity index (χ1v) is 17.5. The molecule has 3 saturated heterocycles. The van der Waals surface area contributed by atoms with Crippen molar-refractivity contribution in [1.29, 1.82) is 0 Å². The summed E-state index contributed by atoms with van der Waals surface area (Å²) in [5.74, 6) is 1.16. The van der Waals surface area contributed by atoms with Gasteiger partial charge in [-0.2, -0.15) is 0 Å². The van der Waals surface area contributed by atoms with Crippen LogP contribution in [0.4, 0.5) is 0 Å². The molecule has 3 fully saturated rings. The van der Waals surface area contributed by atoms with Gasteiger partial charge in [-0.3, -0.25) is 9.69 Å². The number of aryl methyl sites for hydroxylation is 1. The number of hydrogen-bond donors (Lipinski definition) is 0. The van der Waals surface area contributed by atoms with E-state index in [0.29, 0.717) is 48.3 Å². The minimum atomic E-state index is -0.422. The van der Waals surface area contributed by atoms with Crippen molar-refractivity contribution >= 4 is 22.9 Å². The number of benzene rings is 3. The zero-order valence-corrected chi connectivity index (χ0v) is 28.3. The van der Waals surface area contributed by atoms with Gasteiger partial charge in [0.15, 0.2) is 0 Å². The number of carbonyl (C=O) groups excluding carboxylic acids is 2. The average Bonchev–Trinajstić information content (AvgIpc) is 3.56. The van der Waals surface area contributed by atoms with E-state index in [4.69, 9.17) is 9.72 Å². The van der Waals surface area contributed by atoms with Gasteiger partial charge in [0.1, 0.15) is 5.82 Å². The molecule has 0 aliphatic carbocycles. The van der Waals surface area contributed by atoms with Crippen LogP contribution in [-0.2, 0) is 10.2 Å². The molecule has 1 amide bonds. The van der Waals surface area contributed by atoms with Crippen molar-refractivity contribution in [3.05, 3.63) is 101 Å². The molecule has 2 bridgehead atoms. The third-order valence-corrected chi connectivity index (χ3v) is 11.5. The first-order chi connectivity index (χ1) is 22.8. The Morgan fingerprint density at radius 1 is 0.894 bits per heavy atom. The number of carbonyl (C=O) groups is 2. The molecule has 4 heterocycles. The van der Waals surface area contributed by atoms with Crippen molar-refractivity contribution in [3.63, 3.8) is 0 Å². The molecule has 3 atom stereocenters. The van der Waals surface area contributed by atoms with Crippen LogP contribution in [0.5, 0.6) is 0 Å². The lowest BCUT2D eigenvalue weighted by atomic mass is 9.69.